The molecular formula is C15H26N4. The monoisotopic (exact) mass is 262 g/mol. The summed E-state index contributed by atoms with van der Waals surface area (Å²) in [4.78, 5) is 9.59. The van der Waals surface area contributed by atoms with Gasteiger partial charge in [-0.2, -0.15) is 0 Å². The molecule has 2 rings (SSSR count). The zero-order valence-corrected chi connectivity index (χ0v) is 12.2. The number of nitrogens with two attached hydrogens (primary N) is 1. The van der Waals surface area contributed by atoms with E-state index in [1.165, 1.54) is 5.69 Å². The molecule has 2 N–H and O–H groups in total. The highest BCUT2D eigenvalue weighted by Crippen LogP contribution is 2.09. The first-order chi connectivity index (χ1) is 9.17. The zero-order valence-electron chi connectivity index (χ0n) is 12.2. The van der Waals surface area contributed by atoms with E-state index in [1.807, 2.05) is 0 Å². The van der Waals surface area contributed by atoms with Crippen LogP contribution in [0.1, 0.15) is 18.3 Å². The molecule has 0 bridgehead atoms. The van der Waals surface area contributed by atoms with Crippen LogP contribution in [0.4, 0.5) is 0 Å². The lowest BCUT2D eigenvalue weighted by Crippen LogP contribution is -2.47. The molecule has 2 heterocycles. The topological polar surface area (TPSA) is 45.4 Å². The Kier molecular flexibility index (Phi) is 5.31. The van der Waals surface area contributed by atoms with Crippen molar-refractivity contribution < 1.29 is 0 Å². The third-order valence-electron chi connectivity index (χ3n) is 3.77. The van der Waals surface area contributed by atoms with Gasteiger partial charge in [0, 0.05) is 45.0 Å². The van der Waals surface area contributed by atoms with Crippen LogP contribution < -0.4 is 5.73 Å². The fourth-order valence-corrected chi connectivity index (χ4v) is 2.56. The van der Waals surface area contributed by atoms with Crippen LogP contribution in [-0.2, 0) is 6.54 Å². The van der Waals surface area contributed by atoms with Gasteiger partial charge in [0.1, 0.15) is 0 Å². The molecule has 0 saturated carbocycles. The Balaban J connectivity index is 1.77. The Bertz CT molecular complexity index is 385. The highest BCUT2D eigenvalue weighted by Gasteiger charge is 2.18. The quantitative estimate of drug-likeness (QED) is 0.863. The van der Waals surface area contributed by atoms with Crippen molar-refractivity contribution in [3.63, 3.8) is 0 Å². The summed E-state index contributed by atoms with van der Waals surface area (Å²) >= 11 is 0. The van der Waals surface area contributed by atoms with E-state index in [0.717, 1.165) is 51.5 Å². The first kappa shape index (κ1) is 14.4. The van der Waals surface area contributed by atoms with Gasteiger partial charge in [0.15, 0.2) is 0 Å². The summed E-state index contributed by atoms with van der Waals surface area (Å²) in [5, 5.41) is 0. The summed E-state index contributed by atoms with van der Waals surface area (Å²) in [6.07, 6.45) is 0. The number of hydrogen-bond donors (Lipinski definition) is 1. The minimum Gasteiger partial charge on any atom is -0.330 e. The van der Waals surface area contributed by atoms with E-state index < -0.39 is 0 Å². The van der Waals surface area contributed by atoms with Crippen LogP contribution in [0, 0.1) is 12.8 Å². The maximum absolute atomic E-state index is 5.69. The lowest BCUT2D eigenvalue weighted by Gasteiger charge is -2.35. The summed E-state index contributed by atoms with van der Waals surface area (Å²) < 4.78 is 0. The SMILES string of the molecule is Cc1cccc(CN2CCN(CC(C)CN)CC2)n1. The molecule has 1 aromatic heterocycles. The molecule has 4 heteroatoms. The molecule has 0 radical (unpaired) electrons. The number of hydrogen-bond acceptors (Lipinski definition) is 4. The van der Waals surface area contributed by atoms with Gasteiger partial charge in [-0.15, -0.1) is 0 Å². The van der Waals surface area contributed by atoms with Crippen LogP contribution in [-0.4, -0.2) is 54.1 Å². The number of aryl methyl sites for hydroxylation is 1. The zero-order chi connectivity index (χ0) is 13.7. The van der Waals surface area contributed by atoms with Crippen LogP contribution in [0.3, 0.4) is 0 Å². The van der Waals surface area contributed by atoms with E-state index >= 15 is 0 Å². The van der Waals surface area contributed by atoms with Gasteiger partial charge in [0.05, 0.1) is 5.69 Å². The van der Waals surface area contributed by atoms with E-state index in [0.29, 0.717) is 5.92 Å². The van der Waals surface area contributed by atoms with Crippen molar-refractivity contribution in [2.45, 2.75) is 20.4 Å². The van der Waals surface area contributed by atoms with Crippen LogP contribution >= 0.6 is 0 Å². The second-order valence-corrected chi connectivity index (χ2v) is 5.69. The highest BCUT2D eigenvalue weighted by atomic mass is 15.3. The van der Waals surface area contributed by atoms with Gasteiger partial charge < -0.3 is 10.6 Å². The molecule has 1 aromatic rings. The molecule has 1 aliphatic rings. The van der Waals surface area contributed by atoms with Gasteiger partial charge >= 0.3 is 0 Å². The van der Waals surface area contributed by atoms with Gasteiger partial charge in [0.25, 0.3) is 0 Å². The fraction of sp³-hybridized carbons (Fsp3) is 0.667. The minimum absolute atomic E-state index is 0.602. The van der Waals surface area contributed by atoms with Crippen molar-refractivity contribution in [1.82, 2.24) is 14.8 Å². The summed E-state index contributed by atoms with van der Waals surface area (Å²) in [7, 11) is 0. The van der Waals surface area contributed by atoms with Gasteiger partial charge in [-0.05, 0) is 31.5 Å². The van der Waals surface area contributed by atoms with Gasteiger partial charge in [-0.3, -0.25) is 9.88 Å². The molecule has 19 heavy (non-hydrogen) atoms. The molecule has 106 valence electrons. The highest BCUT2D eigenvalue weighted by molar-refractivity contribution is 5.09. The number of piperazine rings is 1. The molecule has 1 unspecified atom stereocenters. The van der Waals surface area contributed by atoms with Gasteiger partial charge in [-0.25, -0.2) is 0 Å². The average molecular weight is 262 g/mol. The molecule has 1 fully saturated rings. The van der Waals surface area contributed by atoms with Crippen molar-refractivity contribution in [1.29, 1.82) is 0 Å². The number of nitrogens with zero attached hydrogens (tertiary/aromatic N) is 3. The van der Waals surface area contributed by atoms with Crippen molar-refractivity contribution in [2.24, 2.45) is 11.7 Å². The Hall–Kier alpha value is -0.970. The maximum atomic E-state index is 5.69. The van der Waals surface area contributed by atoms with E-state index in [4.69, 9.17) is 5.73 Å². The summed E-state index contributed by atoms with van der Waals surface area (Å²) in [5.41, 5.74) is 7.98. The fourth-order valence-electron chi connectivity index (χ4n) is 2.56. The Morgan fingerprint density at radius 2 is 1.89 bits per heavy atom. The molecule has 1 atom stereocenters. The summed E-state index contributed by atoms with van der Waals surface area (Å²) in [6, 6.07) is 6.27. The average Bonchev–Trinajstić information content (AvgIpc) is 2.41. The molecule has 1 aliphatic heterocycles. The van der Waals surface area contributed by atoms with Crippen molar-refractivity contribution in [3.05, 3.63) is 29.6 Å². The largest absolute Gasteiger partial charge is 0.330 e. The first-order valence-corrected chi connectivity index (χ1v) is 7.24. The lowest BCUT2D eigenvalue weighted by atomic mass is 10.1. The predicted octanol–water partition coefficient (Wildman–Crippen LogP) is 1.10. The van der Waals surface area contributed by atoms with E-state index in [-0.39, 0.29) is 0 Å². The third-order valence-corrected chi connectivity index (χ3v) is 3.77. The molecule has 0 spiro atoms. The van der Waals surface area contributed by atoms with Crippen LogP contribution in [0.2, 0.25) is 0 Å². The van der Waals surface area contributed by atoms with Crippen molar-refractivity contribution >= 4 is 0 Å². The molecule has 0 amide bonds. The number of aromatic nitrogens is 1. The van der Waals surface area contributed by atoms with Crippen molar-refractivity contribution in [2.75, 3.05) is 39.3 Å². The molecule has 4 nitrogen and oxygen atoms in total. The van der Waals surface area contributed by atoms with Gasteiger partial charge in [0.2, 0.25) is 0 Å². The Morgan fingerprint density at radius 3 is 2.53 bits per heavy atom. The number of rotatable bonds is 5. The Labute approximate surface area is 116 Å². The van der Waals surface area contributed by atoms with Gasteiger partial charge in [-0.1, -0.05) is 13.0 Å². The maximum Gasteiger partial charge on any atom is 0.0547 e. The number of pyridine rings is 1. The van der Waals surface area contributed by atoms with E-state index in [2.05, 4.69) is 46.8 Å². The Morgan fingerprint density at radius 1 is 1.21 bits per heavy atom. The summed E-state index contributed by atoms with van der Waals surface area (Å²) in [5.74, 6) is 0.602. The molecule has 0 aliphatic carbocycles. The van der Waals surface area contributed by atoms with Crippen LogP contribution in [0.15, 0.2) is 18.2 Å². The third kappa shape index (κ3) is 4.56. The summed E-state index contributed by atoms with van der Waals surface area (Å²) in [6.45, 7) is 11.7. The van der Waals surface area contributed by atoms with Crippen LogP contribution in [0.25, 0.3) is 0 Å². The smallest absolute Gasteiger partial charge is 0.0547 e. The standard InChI is InChI=1S/C15H26N4/c1-13(10-16)11-18-6-8-19(9-7-18)12-15-5-3-4-14(2)17-15/h3-5,13H,6-12,16H2,1-2H3. The van der Waals surface area contributed by atoms with Crippen LogP contribution in [0.5, 0.6) is 0 Å². The molecule has 1 saturated heterocycles. The molecular weight excluding hydrogens is 236 g/mol. The lowest BCUT2D eigenvalue weighted by molar-refractivity contribution is 0.115. The normalized spacial score (nSPS) is 19.5. The van der Waals surface area contributed by atoms with E-state index in [9.17, 15) is 0 Å². The molecule has 0 aromatic carbocycles. The second kappa shape index (κ2) is 6.98. The van der Waals surface area contributed by atoms with Crippen molar-refractivity contribution in [3.8, 4) is 0 Å². The first-order valence-electron chi connectivity index (χ1n) is 7.24. The minimum atomic E-state index is 0.602. The second-order valence-electron chi connectivity index (χ2n) is 5.69. The predicted molar refractivity (Wildman–Crippen MR) is 78.9 cm³/mol. The van der Waals surface area contributed by atoms with E-state index in [1.54, 1.807) is 0 Å².